The molecule has 86 valence electrons. The van der Waals surface area contributed by atoms with Gasteiger partial charge in [-0.3, -0.25) is 14.9 Å². The summed E-state index contributed by atoms with van der Waals surface area (Å²) in [5.41, 5.74) is 0.745. The summed E-state index contributed by atoms with van der Waals surface area (Å²) in [5.74, 6) is -0.317. The summed E-state index contributed by atoms with van der Waals surface area (Å²) in [7, 11) is 1.55. The highest BCUT2D eigenvalue weighted by Gasteiger charge is 2.02. The first-order chi connectivity index (χ1) is 7.72. The highest BCUT2D eigenvalue weighted by molar-refractivity contribution is 5.92. The molecule has 5 nitrogen and oxygen atoms in total. The molecular formula is C11H15N3O2. The minimum atomic E-state index is -0.171. The molecule has 0 spiro atoms. The largest absolute Gasteiger partial charge is 0.358 e. The van der Waals surface area contributed by atoms with E-state index in [1.54, 1.807) is 19.2 Å². The van der Waals surface area contributed by atoms with Crippen LogP contribution in [0.5, 0.6) is 0 Å². The number of nitrogens with one attached hydrogen (secondary N) is 3. The average molecular weight is 221 g/mol. The van der Waals surface area contributed by atoms with Gasteiger partial charge in [-0.1, -0.05) is 18.2 Å². The van der Waals surface area contributed by atoms with Crippen LogP contribution in [0, 0.1) is 0 Å². The Hall–Kier alpha value is -1.88. The van der Waals surface area contributed by atoms with Crippen molar-refractivity contribution in [3.8, 4) is 0 Å². The minimum Gasteiger partial charge on any atom is -0.358 e. The summed E-state index contributed by atoms with van der Waals surface area (Å²) in [6, 6.07) is 9.16. The molecule has 0 aromatic heterocycles. The van der Waals surface area contributed by atoms with Crippen molar-refractivity contribution in [1.82, 2.24) is 10.6 Å². The molecule has 0 fully saturated rings. The second-order valence-corrected chi connectivity index (χ2v) is 3.19. The summed E-state index contributed by atoms with van der Waals surface area (Å²) in [6.07, 6.45) is 0. The molecule has 2 amide bonds. The smallest absolute Gasteiger partial charge is 0.238 e. The quantitative estimate of drug-likeness (QED) is 0.653. The first-order valence-corrected chi connectivity index (χ1v) is 4.98. The van der Waals surface area contributed by atoms with Crippen LogP contribution >= 0.6 is 0 Å². The van der Waals surface area contributed by atoms with Crippen molar-refractivity contribution in [2.75, 3.05) is 25.5 Å². The van der Waals surface area contributed by atoms with Crippen molar-refractivity contribution >= 4 is 17.5 Å². The van der Waals surface area contributed by atoms with Crippen LogP contribution < -0.4 is 16.0 Å². The lowest BCUT2D eigenvalue weighted by molar-refractivity contribution is -0.119. The van der Waals surface area contributed by atoms with E-state index in [4.69, 9.17) is 0 Å². The zero-order chi connectivity index (χ0) is 11.8. The number of carbonyl (C=O) groups excluding carboxylic acids is 2. The average Bonchev–Trinajstić information content (AvgIpc) is 2.30. The second-order valence-electron chi connectivity index (χ2n) is 3.19. The summed E-state index contributed by atoms with van der Waals surface area (Å²) in [6.45, 7) is 0.251. The van der Waals surface area contributed by atoms with Crippen LogP contribution in [0.3, 0.4) is 0 Å². The molecule has 5 heteroatoms. The Bertz CT molecular complexity index is 352. The topological polar surface area (TPSA) is 70.2 Å². The van der Waals surface area contributed by atoms with Gasteiger partial charge in [0, 0.05) is 12.7 Å². The van der Waals surface area contributed by atoms with E-state index in [0.717, 1.165) is 5.69 Å². The van der Waals surface area contributed by atoms with Crippen molar-refractivity contribution < 1.29 is 9.59 Å². The van der Waals surface area contributed by atoms with Crippen LogP contribution in [0.2, 0.25) is 0 Å². The maximum Gasteiger partial charge on any atom is 0.238 e. The van der Waals surface area contributed by atoms with E-state index in [-0.39, 0.29) is 24.9 Å². The van der Waals surface area contributed by atoms with Crippen LogP contribution in [-0.4, -0.2) is 32.0 Å². The minimum absolute atomic E-state index is 0.113. The molecule has 0 bridgehead atoms. The summed E-state index contributed by atoms with van der Waals surface area (Å²) in [5, 5.41) is 7.89. The number of hydrogen-bond donors (Lipinski definition) is 3. The standard InChI is InChI=1S/C11H15N3O2/c1-12-10(15)7-13-8-11(16)14-9-5-3-2-4-6-9/h2-6,13H,7-8H2,1H3,(H,12,15)(H,14,16). The SMILES string of the molecule is CNC(=O)CNCC(=O)Nc1ccccc1. The Morgan fingerprint density at radius 2 is 1.69 bits per heavy atom. The Kier molecular flexibility index (Phi) is 5.01. The van der Waals surface area contributed by atoms with E-state index < -0.39 is 0 Å². The number of amides is 2. The molecular weight excluding hydrogens is 206 g/mol. The zero-order valence-electron chi connectivity index (χ0n) is 9.12. The van der Waals surface area contributed by atoms with Crippen LogP contribution in [0.15, 0.2) is 30.3 Å². The van der Waals surface area contributed by atoms with Gasteiger partial charge >= 0.3 is 0 Å². The van der Waals surface area contributed by atoms with Crippen molar-refractivity contribution in [2.45, 2.75) is 0 Å². The fourth-order valence-corrected chi connectivity index (χ4v) is 1.10. The normalized spacial score (nSPS) is 9.56. The lowest BCUT2D eigenvalue weighted by Gasteiger charge is -2.05. The Labute approximate surface area is 94.2 Å². The van der Waals surface area contributed by atoms with E-state index in [1.165, 1.54) is 0 Å². The zero-order valence-corrected chi connectivity index (χ0v) is 9.12. The number of anilines is 1. The summed E-state index contributed by atoms with van der Waals surface area (Å²) >= 11 is 0. The lowest BCUT2D eigenvalue weighted by Crippen LogP contribution is -2.36. The second kappa shape index (κ2) is 6.58. The molecule has 0 aliphatic carbocycles. The molecule has 3 N–H and O–H groups in total. The first kappa shape index (κ1) is 12.2. The van der Waals surface area contributed by atoms with Gasteiger partial charge in [-0.2, -0.15) is 0 Å². The highest BCUT2D eigenvalue weighted by atomic mass is 16.2. The van der Waals surface area contributed by atoms with Crippen LogP contribution in [0.25, 0.3) is 0 Å². The van der Waals surface area contributed by atoms with Gasteiger partial charge in [-0.25, -0.2) is 0 Å². The van der Waals surface area contributed by atoms with Crippen molar-refractivity contribution in [3.63, 3.8) is 0 Å². The third-order valence-electron chi connectivity index (χ3n) is 1.91. The molecule has 0 aliphatic rings. The molecule has 0 saturated heterocycles. The molecule has 0 heterocycles. The number of hydrogen-bond acceptors (Lipinski definition) is 3. The maximum atomic E-state index is 11.4. The fraction of sp³-hybridized carbons (Fsp3) is 0.273. The number of rotatable bonds is 5. The third kappa shape index (κ3) is 4.56. The number of likely N-dealkylation sites (N-methyl/N-ethyl adjacent to an activating group) is 1. The molecule has 1 aromatic carbocycles. The van der Waals surface area contributed by atoms with Gasteiger partial charge in [0.2, 0.25) is 11.8 Å². The van der Waals surface area contributed by atoms with E-state index in [2.05, 4.69) is 16.0 Å². The van der Waals surface area contributed by atoms with Gasteiger partial charge in [-0.15, -0.1) is 0 Å². The molecule has 0 unspecified atom stereocenters. The Morgan fingerprint density at radius 3 is 2.31 bits per heavy atom. The molecule has 1 rings (SSSR count). The molecule has 0 radical (unpaired) electrons. The van der Waals surface area contributed by atoms with Gasteiger partial charge < -0.3 is 10.6 Å². The molecule has 1 aromatic rings. The molecule has 0 atom stereocenters. The molecule has 0 aliphatic heterocycles. The number of carbonyl (C=O) groups is 2. The lowest BCUT2D eigenvalue weighted by atomic mass is 10.3. The van der Waals surface area contributed by atoms with Crippen LogP contribution in [0.1, 0.15) is 0 Å². The summed E-state index contributed by atoms with van der Waals surface area (Å²) in [4.78, 5) is 22.2. The van der Waals surface area contributed by atoms with Gasteiger partial charge in [0.1, 0.15) is 0 Å². The number of benzene rings is 1. The summed E-state index contributed by atoms with van der Waals surface area (Å²) < 4.78 is 0. The van der Waals surface area contributed by atoms with Gasteiger partial charge in [0.15, 0.2) is 0 Å². The first-order valence-electron chi connectivity index (χ1n) is 4.98. The Morgan fingerprint density at radius 1 is 1.06 bits per heavy atom. The molecule has 16 heavy (non-hydrogen) atoms. The highest BCUT2D eigenvalue weighted by Crippen LogP contribution is 2.03. The van der Waals surface area contributed by atoms with E-state index in [1.807, 2.05) is 18.2 Å². The van der Waals surface area contributed by atoms with Crippen molar-refractivity contribution in [2.24, 2.45) is 0 Å². The van der Waals surface area contributed by atoms with Gasteiger partial charge in [-0.05, 0) is 12.1 Å². The van der Waals surface area contributed by atoms with E-state index in [0.29, 0.717) is 0 Å². The number of para-hydroxylation sites is 1. The van der Waals surface area contributed by atoms with E-state index in [9.17, 15) is 9.59 Å². The van der Waals surface area contributed by atoms with Crippen molar-refractivity contribution in [1.29, 1.82) is 0 Å². The van der Waals surface area contributed by atoms with Gasteiger partial charge in [0.25, 0.3) is 0 Å². The van der Waals surface area contributed by atoms with Gasteiger partial charge in [0.05, 0.1) is 13.1 Å². The third-order valence-corrected chi connectivity index (χ3v) is 1.91. The van der Waals surface area contributed by atoms with Crippen LogP contribution in [0.4, 0.5) is 5.69 Å². The monoisotopic (exact) mass is 221 g/mol. The van der Waals surface area contributed by atoms with Crippen molar-refractivity contribution in [3.05, 3.63) is 30.3 Å². The molecule has 0 saturated carbocycles. The maximum absolute atomic E-state index is 11.4. The Balaban J connectivity index is 2.24. The van der Waals surface area contributed by atoms with E-state index >= 15 is 0 Å². The predicted octanol–water partition coefficient (Wildman–Crippen LogP) is -0.0393. The fourth-order valence-electron chi connectivity index (χ4n) is 1.10. The predicted molar refractivity (Wildman–Crippen MR) is 62.0 cm³/mol. The van der Waals surface area contributed by atoms with Crippen LogP contribution in [-0.2, 0) is 9.59 Å².